The molecule has 0 aromatic carbocycles. The minimum absolute atomic E-state index is 0.0969. The van der Waals surface area contributed by atoms with Crippen molar-refractivity contribution in [2.45, 2.75) is 284 Å². The normalized spacial score (nSPS) is 12.6. The fraction of sp³-hybridized carbons (Fsp3) is 0.754. The van der Waals surface area contributed by atoms with E-state index in [1.54, 1.807) is 0 Å². The molecule has 386 valence electrons. The van der Waals surface area contributed by atoms with Crippen molar-refractivity contribution in [2.24, 2.45) is 0 Å². The second kappa shape index (κ2) is 55.4. The van der Waals surface area contributed by atoms with Crippen molar-refractivity contribution in [3.05, 3.63) is 72.9 Å². The molecule has 6 nitrogen and oxygen atoms in total. The number of rotatable bonds is 51. The summed E-state index contributed by atoms with van der Waals surface area (Å²) in [5.41, 5.74) is 0. The van der Waals surface area contributed by atoms with Gasteiger partial charge in [-0.15, -0.1) is 0 Å². The van der Waals surface area contributed by atoms with E-state index in [1.807, 2.05) is 6.08 Å². The van der Waals surface area contributed by atoms with Crippen LogP contribution in [0.1, 0.15) is 278 Å². The van der Waals surface area contributed by atoms with Gasteiger partial charge in [-0.05, 0) is 83.5 Å². The quantitative estimate of drug-likeness (QED) is 0.0262. The number of hydrogen-bond donors (Lipinski definition) is 0. The Morgan fingerprint density at radius 1 is 0.299 bits per heavy atom. The van der Waals surface area contributed by atoms with Crippen LogP contribution in [-0.4, -0.2) is 37.2 Å². The molecule has 0 bridgehead atoms. The highest BCUT2D eigenvalue weighted by Crippen LogP contribution is 2.15. The molecule has 0 saturated carbocycles. The van der Waals surface area contributed by atoms with Crippen molar-refractivity contribution in [1.29, 1.82) is 0 Å². The van der Waals surface area contributed by atoms with Crippen LogP contribution in [0.25, 0.3) is 0 Å². The molecule has 0 aliphatic carbocycles. The lowest BCUT2D eigenvalue weighted by Gasteiger charge is -2.18. The maximum absolute atomic E-state index is 12.8. The van der Waals surface area contributed by atoms with Crippen LogP contribution in [0, 0.1) is 0 Å². The van der Waals surface area contributed by atoms with Gasteiger partial charge in [-0.25, -0.2) is 0 Å². The fourth-order valence-electron chi connectivity index (χ4n) is 7.89. The molecule has 0 aromatic rings. The van der Waals surface area contributed by atoms with Gasteiger partial charge in [0.2, 0.25) is 0 Å². The van der Waals surface area contributed by atoms with Gasteiger partial charge in [-0.3, -0.25) is 14.4 Å². The number of ether oxygens (including phenoxy) is 3. The van der Waals surface area contributed by atoms with E-state index in [-0.39, 0.29) is 37.5 Å². The van der Waals surface area contributed by atoms with Crippen LogP contribution in [0.15, 0.2) is 72.9 Å². The Morgan fingerprint density at radius 2 is 0.567 bits per heavy atom. The Hall–Kier alpha value is -3.15. The standard InChI is InChI=1S/C61H106O6/c1-4-7-10-13-16-19-22-24-26-28-30-32-34-36-39-42-45-48-51-54-60(63)66-57-58(56-65-59(62)53-50-47-44-41-38-21-18-15-12-9-6-3)67-61(64)55-52-49-46-43-40-37-35-33-31-29-27-25-23-20-17-14-11-8-5-2/h16,19,24-27,30,32,36,39,45,48,58H,4-15,17-18,20-23,28-29,31,33-35,37-38,40-44,46-47,49-57H2,1-3H3/b19-16-,26-24-,27-25-,32-30-,39-36-,48-45-/t58-/m0/s1. The number of unbranched alkanes of at least 4 members (excludes halogenated alkanes) is 28. The molecular weight excluding hydrogens is 829 g/mol. The third-order valence-electron chi connectivity index (χ3n) is 12.2. The average molecular weight is 936 g/mol. The van der Waals surface area contributed by atoms with E-state index in [2.05, 4.69) is 87.6 Å². The summed E-state index contributed by atoms with van der Waals surface area (Å²) >= 11 is 0. The van der Waals surface area contributed by atoms with Crippen molar-refractivity contribution in [2.75, 3.05) is 13.2 Å². The van der Waals surface area contributed by atoms with Crippen LogP contribution < -0.4 is 0 Å². The molecule has 0 rings (SSSR count). The van der Waals surface area contributed by atoms with E-state index in [9.17, 15) is 14.4 Å². The molecule has 0 unspecified atom stereocenters. The molecule has 0 aliphatic heterocycles. The molecule has 0 saturated heterocycles. The van der Waals surface area contributed by atoms with Gasteiger partial charge in [0.25, 0.3) is 0 Å². The average Bonchev–Trinajstić information content (AvgIpc) is 3.33. The number of esters is 3. The summed E-state index contributed by atoms with van der Waals surface area (Å²) in [6.45, 7) is 6.55. The second-order valence-corrected chi connectivity index (χ2v) is 18.8. The van der Waals surface area contributed by atoms with Gasteiger partial charge in [0.15, 0.2) is 6.10 Å². The van der Waals surface area contributed by atoms with Gasteiger partial charge in [-0.1, -0.05) is 248 Å². The van der Waals surface area contributed by atoms with Gasteiger partial charge < -0.3 is 14.2 Å². The van der Waals surface area contributed by atoms with Crippen LogP contribution in [-0.2, 0) is 28.6 Å². The first-order valence-electron chi connectivity index (χ1n) is 28.4. The first kappa shape index (κ1) is 63.8. The summed E-state index contributed by atoms with van der Waals surface area (Å²) in [5, 5.41) is 0. The molecule has 0 aliphatic rings. The summed E-state index contributed by atoms with van der Waals surface area (Å²) in [6, 6.07) is 0. The molecule has 67 heavy (non-hydrogen) atoms. The van der Waals surface area contributed by atoms with Gasteiger partial charge in [-0.2, -0.15) is 0 Å². The number of allylic oxidation sites excluding steroid dienone is 12. The van der Waals surface area contributed by atoms with Crippen molar-refractivity contribution in [3.63, 3.8) is 0 Å². The maximum Gasteiger partial charge on any atom is 0.306 e. The number of carbonyl (C=O) groups excluding carboxylic acids is 3. The van der Waals surface area contributed by atoms with Crippen LogP contribution in [0.5, 0.6) is 0 Å². The number of carbonyl (C=O) groups is 3. The Morgan fingerprint density at radius 3 is 0.970 bits per heavy atom. The topological polar surface area (TPSA) is 78.9 Å². The van der Waals surface area contributed by atoms with Crippen LogP contribution in [0.4, 0.5) is 0 Å². The number of hydrogen-bond acceptors (Lipinski definition) is 6. The van der Waals surface area contributed by atoms with Crippen LogP contribution >= 0.6 is 0 Å². The highest BCUT2D eigenvalue weighted by Gasteiger charge is 2.19. The third kappa shape index (κ3) is 53.7. The predicted molar refractivity (Wildman–Crippen MR) is 288 cm³/mol. The molecule has 1 atom stereocenters. The zero-order chi connectivity index (χ0) is 48.6. The van der Waals surface area contributed by atoms with Crippen molar-refractivity contribution in [1.82, 2.24) is 0 Å². The van der Waals surface area contributed by atoms with E-state index in [1.165, 1.54) is 167 Å². The summed E-state index contributed by atoms with van der Waals surface area (Å²) in [5.74, 6) is -0.979. The van der Waals surface area contributed by atoms with Gasteiger partial charge in [0, 0.05) is 19.3 Å². The van der Waals surface area contributed by atoms with Gasteiger partial charge in [0.05, 0.1) is 0 Å². The van der Waals surface area contributed by atoms with Crippen molar-refractivity contribution >= 4 is 17.9 Å². The summed E-state index contributed by atoms with van der Waals surface area (Å²) in [4.78, 5) is 38.0. The molecule has 0 spiro atoms. The van der Waals surface area contributed by atoms with Gasteiger partial charge >= 0.3 is 17.9 Å². The first-order valence-corrected chi connectivity index (χ1v) is 28.4. The Bertz CT molecular complexity index is 1260. The minimum Gasteiger partial charge on any atom is -0.462 e. The highest BCUT2D eigenvalue weighted by atomic mass is 16.6. The Balaban J connectivity index is 4.44. The molecule has 0 amide bonds. The molecular formula is C61H106O6. The molecule has 6 heteroatoms. The van der Waals surface area contributed by atoms with E-state index in [0.29, 0.717) is 19.3 Å². The zero-order valence-electron chi connectivity index (χ0n) is 44.2. The van der Waals surface area contributed by atoms with Crippen LogP contribution in [0.2, 0.25) is 0 Å². The van der Waals surface area contributed by atoms with Crippen molar-refractivity contribution in [3.8, 4) is 0 Å². The zero-order valence-corrected chi connectivity index (χ0v) is 44.2. The largest absolute Gasteiger partial charge is 0.462 e. The monoisotopic (exact) mass is 935 g/mol. The predicted octanol–water partition coefficient (Wildman–Crippen LogP) is 19.0. The lowest BCUT2D eigenvalue weighted by molar-refractivity contribution is -0.166. The van der Waals surface area contributed by atoms with Crippen LogP contribution in [0.3, 0.4) is 0 Å². The molecule has 0 heterocycles. The van der Waals surface area contributed by atoms with Crippen molar-refractivity contribution < 1.29 is 28.6 Å². The lowest BCUT2D eigenvalue weighted by atomic mass is 10.1. The van der Waals surface area contributed by atoms with E-state index < -0.39 is 6.10 Å². The molecule has 0 radical (unpaired) electrons. The van der Waals surface area contributed by atoms with E-state index in [0.717, 1.165) is 64.2 Å². The minimum atomic E-state index is -0.804. The summed E-state index contributed by atoms with van der Waals surface area (Å²) < 4.78 is 16.8. The maximum atomic E-state index is 12.8. The lowest BCUT2D eigenvalue weighted by Crippen LogP contribution is -2.30. The first-order chi connectivity index (χ1) is 33.0. The molecule has 0 fully saturated rings. The smallest absolute Gasteiger partial charge is 0.306 e. The molecule has 0 aromatic heterocycles. The Labute approximate surface area is 414 Å². The second-order valence-electron chi connectivity index (χ2n) is 18.8. The summed E-state index contributed by atoms with van der Waals surface area (Å²) in [7, 11) is 0. The van der Waals surface area contributed by atoms with Gasteiger partial charge in [0.1, 0.15) is 13.2 Å². The Kier molecular flexibility index (Phi) is 52.8. The molecule has 0 N–H and O–H groups in total. The van der Waals surface area contributed by atoms with E-state index in [4.69, 9.17) is 14.2 Å². The highest BCUT2D eigenvalue weighted by molar-refractivity contribution is 5.71. The summed E-state index contributed by atoms with van der Waals surface area (Å²) in [6.07, 6.45) is 70.4. The van der Waals surface area contributed by atoms with E-state index >= 15 is 0 Å². The fourth-order valence-corrected chi connectivity index (χ4v) is 7.89. The third-order valence-corrected chi connectivity index (χ3v) is 12.2. The SMILES string of the molecule is CCCCC/C=C\C/C=C\C/C=C\C/C=C\C/C=C\CCC(=O)OC[C@H](COC(=O)CCCCCCCCCCCCC)OC(=O)CCCCCCCCCCC/C=C\CCCCCCCC.